The molecule has 0 radical (unpaired) electrons. The van der Waals surface area contributed by atoms with Crippen molar-refractivity contribution in [1.82, 2.24) is 0 Å². The number of para-hydroxylation sites is 1. The minimum atomic E-state index is -2.17. The second kappa shape index (κ2) is 11.2. The number of rotatable bonds is 8. The van der Waals surface area contributed by atoms with Gasteiger partial charge in [0.25, 0.3) is 0 Å². The van der Waals surface area contributed by atoms with E-state index in [0.717, 1.165) is 5.56 Å². The summed E-state index contributed by atoms with van der Waals surface area (Å²) in [5.74, 6) is -0.495. The fourth-order valence-corrected chi connectivity index (χ4v) is 4.40. The number of hydrogen-bond donors (Lipinski definition) is 3. The van der Waals surface area contributed by atoms with E-state index >= 15 is 0 Å². The van der Waals surface area contributed by atoms with Crippen LogP contribution in [0.4, 0.5) is 0 Å². The molecule has 3 N–H and O–H groups in total. The molecule has 0 bridgehead atoms. The summed E-state index contributed by atoms with van der Waals surface area (Å²) in [4.78, 5) is 13.0. The highest BCUT2D eigenvalue weighted by Gasteiger charge is 2.48. The normalized spacial score (nSPS) is 25.2. The van der Waals surface area contributed by atoms with E-state index in [1.165, 1.54) is 6.07 Å². The van der Waals surface area contributed by atoms with Gasteiger partial charge in [0.15, 0.2) is 20.7 Å². The van der Waals surface area contributed by atoms with E-state index in [2.05, 4.69) is 33.9 Å². The Morgan fingerprint density at radius 3 is 2.26 bits per heavy atom. The summed E-state index contributed by atoms with van der Waals surface area (Å²) in [5, 5.41) is 31.5. The van der Waals surface area contributed by atoms with Gasteiger partial charge in [-0.15, -0.1) is 0 Å². The summed E-state index contributed by atoms with van der Waals surface area (Å²) in [6, 6.07) is 16.1. The van der Waals surface area contributed by atoms with Crippen molar-refractivity contribution in [3.8, 4) is 5.75 Å². The van der Waals surface area contributed by atoms with Crippen LogP contribution in [0.5, 0.6) is 5.75 Å². The molecule has 2 aromatic carbocycles. The molecule has 1 heterocycles. The molecule has 1 aliphatic heterocycles. The first kappa shape index (κ1) is 27.3. The lowest BCUT2D eigenvalue weighted by Crippen LogP contribution is -2.60. The molecule has 35 heavy (non-hydrogen) atoms. The summed E-state index contributed by atoms with van der Waals surface area (Å²) in [7, 11) is -2.17. The third-order valence-electron chi connectivity index (χ3n) is 6.66. The summed E-state index contributed by atoms with van der Waals surface area (Å²) in [5.41, 5.74) is 1.07. The molecule has 0 spiro atoms. The second-order valence-corrected chi connectivity index (χ2v) is 15.1. The molecular formula is C26H36O8Si. The van der Waals surface area contributed by atoms with Crippen LogP contribution in [0.25, 0.3) is 0 Å². The largest absolute Gasteiger partial charge is 0.488 e. The van der Waals surface area contributed by atoms with E-state index in [1.807, 2.05) is 30.3 Å². The first-order valence-electron chi connectivity index (χ1n) is 11.7. The standard InChI is InChI=1S/C26H36O8Si/c1-26(2,3)35(4,5)32-16-20-21(27)23(22(28)25(30)33-20)34-24(29)18-13-9-10-14-19(18)31-15-17-11-7-6-8-12-17/h6-14,20-23,25,27-28,30H,15-16H2,1-5H3/t20?,21?,22?,23-,25+/m0/s1. The Balaban J connectivity index is 1.70. The van der Waals surface area contributed by atoms with E-state index in [-0.39, 0.29) is 23.8 Å². The van der Waals surface area contributed by atoms with Gasteiger partial charge < -0.3 is 34.0 Å². The van der Waals surface area contributed by atoms with Gasteiger partial charge in [0.1, 0.15) is 36.2 Å². The molecule has 9 heteroatoms. The predicted octanol–water partition coefficient (Wildman–Crippen LogP) is 3.25. The fourth-order valence-electron chi connectivity index (χ4n) is 3.38. The van der Waals surface area contributed by atoms with Crippen molar-refractivity contribution in [1.29, 1.82) is 0 Å². The van der Waals surface area contributed by atoms with Gasteiger partial charge in [-0.2, -0.15) is 0 Å². The van der Waals surface area contributed by atoms with Gasteiger partial charge in [-0.05, 0) is 35.8 Å². The van der Waals surface area contributed by atoms with Gasteiger partial charge in [0.05, 0.1) is 6.61 Å². The van der Waals surface area contributed by atoms with E-state index < -0.39 is 45.0 Å². The number of carbonyl (C=O) groups excluding carboxylic acids is 1. The number of aliphatic hydroxyl groups excluding tert-OH is 3. The van der Waals surface area contributed by atoms with Gasteiger partial charge >= 0.3 is 5.97 Å². The van der Waals surface area contributed by atoms with Gasteiger partial charge in [-0.3, -0.25) is 0 Å². The van der Waals surface area contributed by atoms with E-state index in [9.17, 15) is 20.1 Å². The van der Waals surface area contributed by atoms with Crippen LogP contribution in [0.1, 0.15) is 36.7 Å². The molecule has 3 rings (SSSR count). The van der Waals surface area contributed by atoms with Crippen LogP contribution in [0.2, 0.25) is 18.1 Å². The topological polar surface area (TPSA) is 115 Å². The van der Waals surface area contributed by atoms with Crippen LogP contribution in [0.15, 0.2) is 54.6 Å². The number of esters is 1. The Bertz CT molecular complexity index is 975. The molecule has 8 nitrogen and oxygen atoms in total. The molecule has 3 unspecified atom stereocenters. The quantitative estimate of drug-likeness (QED) is 0.371. The van der Waals surface area contributed by atoms with E-state index in [0.29, 0.717) is 5.75 Å². The van der Waals surface area contributed by atoms with Crippen molar-refractivity contribution in [2.75, 3.05) is 6.61 Å². The number of ether oxygens (including phenoxy) is 3. The molecule has 1 fully saturated rings. The zero-order chi connectivity index (χ0) is 25.8. The van der Waals surface area contributed by atoms with Crippen LogP contribution in [-0.4, -0.2) is 66.9 Å². The Morgan fingerprint density at radius 1 is 0.971 bits per heavy atom. The lowest BCUT2D eigenvalue weighted by molar-refractivity contribution is -0.285. The molecule has 1 aliphatic rings. The first-order chi connectivity index (χ1) is 16.4. The highest BCUT2D eigenvalue weighted by atomic mass is 28.4. The molecule has 2 aromatic rings. The molecule has 5 atom stereocenters. The Labute approximate surface area is 207 Å². The van der Waals surface area contributed by atoms with Gasteiger partial charge in [0, 0.05) is 0 Å². The number of hydrogen-bond acceptors (Lipinski definition) is 8. The van der Waals surface area contributed by atoms with Crippen molar-refractivity contribution in [3.05, 3.63) is 65.7 Å². The van der Waals surface area contributed by atoms with Crippen LogP contribution in [0.3, 0.4) is 0 Å². The zero-order valence-corrected chi connectivity index (χ0v) is 21.9. The maximum Gasteiger partial charge on any atom is 0.342 e. The molecule has 1 saturated heterocycles. The van der Waals surface area contributed by atoms with Crippen LogP contribution < -0.4 is 4.74 Å². The maximum atomic E-state index is 13.0. The van der Waals surface area contributed by atoms with Crippen molar-refractivity contribution >= 4 is 14.3 Å². The van der Waals surface area contributed by atoms with Crippen LogP contribution in [0, 0.1) is 0 Å². The zero-order valence-electron chi connectivity index (χ0n) is 20.9. The predicted molar refractivity (Wildman–Crippen MR) is 132 cm³/mol. The van der Waals surface area contributed by atoms with Gasteiger partial charge in [0.2, 0.25) is 0 Å². The average molecular weight is 505 g/mol. The molecule has 0 aliphatic carbocycles. The Kier molecular flexibility index (Phi) is 8.74. The minimum Gasteiger partial charge on any atom is -0.488 e. The highest BCUT2D eigenvalue weighted by molar-refractivity contribution is 6.74. The summed E-state index contributed by atoms with van der Waals surface area (Å²) < 4.78 is 22.8. The second-order valence-electron chi connectivity index (χ2n) is 10.3. The SMILES string of the molecule is CC(C)(C)[Si](C)(C)OCC1O[C@@H](O)C(O)[C@@H](OC(=O)c2ccccc2OCc2ccccc2)C1O. The monoisotopic (exact) mass is 504 g/mol. The number of benzene rings is 2. The molecule has 0 saturated carbocycles. The summed E-state index contributed by atoms with van der Waals surface area (Å²) in [6.07, 6.45) is -7.07. The van der Waals surface area contributed by atoms with E-state index in [4.69, 9.17) is 18.6 Å². The summed E-state index contributed by atoms with van der Waals surface area (Å²) in [6.45, 7) is 10.6. The third-order valence-corrected chi connectivity index (χ3v) is 11.2. The first-order valence-corrected chi connectivity index (χ1v) is 14.6. The molecule has 0 amide bonds. The minimum absolute atomic E-state index is 0.00768. The average Bonchev–Trinajstić information content (AvgIpc) is 2.82. The number of aliphatic hydroxyl groups is 3. The smallest absolute Gasteiger partial charge is 0.342 e. The van der Waals surface area contributed by atoms with Crippen LogP contribution in [-0.2, 0) is 20.5 Å². The van der Waals surface area contributed by atoms with Crippen molar-refractivity contribution in [2.24, 2.45) is 0 Å². The lowest BCUT2D eigenvalue weighted by atomic mass is 9.99. The van der Waals surface area contributed by atoms with Crippen molar-refractivity contribution < 1.29 is 38.8 Å². The summed E-state index contributed by atoms with van der Waals surface area (Å²) >= 11 is 0. The van der Waals surface area contributed by atoms with Gasteiger partial charge in [-0.25, -0.2) is 4.79 Å². The molecule has 192 valence electrons. The molecule has 0 aromatic heterocycles. The Hall–Kier alpha value is -2.27. The third kappa shape index (κ3) is 6.69. The highest BCUT2D eigenvalue weighted by Crippen LogP contribution is 2.37. The van der Waals surface area contributed by atoms with Crippen molar-refractivity contribution in [2.45, 2.75) is 76.2 Å². The van der Waals surface area contributed by atoms with Crippen LogP contribution >= 0.6 is 0 Å². The fraction of sp³-hybridized carbons (Fsp3) is 0.500. The number of carbonyl (C=O) groups is 1. The van der Waals surface area contributed by atoms with E-state index in [1.54, 1.807) is 18.2 Å². The lowest BCUT2D eigenvalue weighted by Gasteiger charge is -2.42. The Morgan fingerprint density at radius 2 is 1.60 bits per heavy atom. The maximum absolute atomic E-state index is 13.0. The van der Waals surface area contributed by atoms with Gasteiger partial charge in [-0.1, -0.05) is 63.2 Å². The van der Waals surface area contributed by atoms with Crippen molar-refractivity contribution in [3.63, 3.8) is 0 Å². The molecular weight excluding hydrogens is 468 g/mol.